The number of rotatable bonds is 5. The molecule has 20 heavy (non-hydrogen) atoms. The van der Waals surface area contributed by atoms with Crippen LogP contribution in [0.5, 0.6) is 0 Å². The molecule has 0 aliphatic carbocycles. The number of carboxylic acids is 1. The topological polar surface area (TPSA) is 122 Å². The summed E-state index contributed by atoms with van der Waals surface area (Å²) in [5.41, 5.74) is 5.09. The second kappa shape index (κ2) is 7.09. The van der Waals surface area contributed by atoms with Crippen LogP contribution in [0.15, 0.2) is 0 Å². The smallest absolute Gasteiger partial charge is 0.334 e. The third-order valence-corrected chi connectivity index (χ3v) is 3.43. The lowest BCUT2D eigenvalue weighted by atomic mass is 9.97. The van der Waals surface area contributed by atoms with Crippen molar-refractivity contribution in [1.82, 2.24) is 10.2 Å². The van der Waals surface area contributed by atoms with E-state index in [1.165, 1.54) is 4.90 Å². The number of urea groups is 1. The molecule has 3 unspecified atom stereocenters. The molecule has 114 valence electrons. The van der Waals surface area contributed by atoms with Gasteiger partial charge in [-0.15, -0.1) is 0 Å². The number of morpholine rings is 1. The highest BCUT2D eigenvalue weighted by atomic mass is 16.5. The summed E-state index contributed by atoms with van der Waals surface area (Å²) in [6.07, 6.45) is -0.345. The van der Waals surface area contributed by atoms with Crippen molar-refractivity contribution in [3.05, 3.63) is 0 Å². The fraction of sp³-hybridized carbons (Fsp3) is 0.750. The summed E-state index contributed by atoms with van der Waals surface area (Å²) < 4.78 is 5.06. The first-order chi connectivity index (χ1) is 9.36. The lowest BCUT2D eigenvalue weighted by Gasteiger charge is -2.34. The first kappa shape index (κ1) is 16.2. The van der Waals surface area contributed by atoms with Crippen molar-refractivity contribution in [2.24, 2.45) is 11.7 Å². The average molecular weight is 287 g/mol. The first-order valence-electron chi connectivity index (χ1n) is 6.56. The van der Waals surface area contributed by atoms with Crippen LogP contribution < -0.4 is 11.1 Å². The molecule has 1 saturated heterocycles. The van der Waals surface area contributed by atoms with Crippen molar-refractivity contribution >= 4 is 17.9 Å². The van der Waals surface area contributed by atoms with Crippen LogP contribution in [0.1, 0.15) is 20.3 Å². The van der Waals surface area contributed by atoms with E-state index in [2.05, 4.69) is 5.32 Å². The predicted molar refractivity (Wildman–Crippen MR) is 69.9 cm³/mol. The van der Waals surface area contributed by atoms with Gasteiger partial charge in [0.1, 0.15) is 6.04 Å². The SMILES string of the molecule is CCC(C)C(NC(N)=O)C(=O)N1CCOC(C(=O)O)C1. The molecule has 3 amide bonds. The number of primary amides is 1. The highest BCUT2D eigenvalue weighted by Crippen LogP contribution is 2.14. The molecule has 1 heterocycles. The highest BCUT2D eigenvalue weighted by molar-refractivity contribution is 5.87. The zero-order valence-electron chi connectivity index (χ0n) is 11.7. The van der Waals surface area contributed by atoms with Gasteiger partial charge in [0.15, 0.2) is 6.10 Å². The number of ether oxygens (including phenoxy) is 1. The number of carbonyl (C=O) groups excluding carboxylic acids is 2. The van der Waals surface area contributed by atoms with E-state index >= 15 is 0 Å². The van der Waals surface area contributed by atoms with Crippen molar-refractivity contribution in [3.63, 3.8) is 0 Å². The summed E-state index contributed by atoms with van der Waals surface area (Å²) in [4.78, 5) is 35.7. The maximum atomic E-state index is 12.4. The number of hydrogen-bond donors (Lipinski definition) is 3. The van der Waals surface area contributed by atoms with Crippen LogP contribution in [-0.2, 0) is 14.3 Å². The van der Waals surface area contributed by atoms with E-state index in [9.17, 15) is 14.4 Å². The van der Waals surface area contributed by atoms with Crippen molar-refractivity contribution in [2.75, 3.05) is 19.7 Å². The Morgan fingerprint density at radius 1 is 1.50 bits per heavy atom. The average Bonchev–Trinajstić information content (AvgIpc) is 2.43. The van der Waals surface area contributed by atoms with E-state index in [1.54, 1.807) is 0 Å². The van der Waals surface area contributed by atoms with Crippen LogP contribution in [-0.4, -0.2) is 59.8 Å². The maximum Gasteiger partial charge on any atom is 0.334 e. The maximum absolute atomic E-state index is 12.4. The van der Waals surface area contributed by atoms with Crippen LogP contribution in [0, 0.1) is 5.92 Å². The molecule has 1 fully saturated rings. The Hall–Kier alpha value is -1.83. The Balaban J connectivity index is 2.77. The molecule has 1 rings (SSSR count). The Morgan fingerprint density at radius 2 is 2.15 bits per heavy atom. The lowest BCUT2D eigenvalue weighted by Crippen LogP contribution is -2.57. The standard InChI is InChI=1S/C12H21N3O5/c1-3-7(2)9(14-12(13)19)10(16)15-4-5-20-8(6-15)11(17)18/h7-9H,3-6H2,1-2H3,(H,17,18)(H3,13,14,19). The van der Waals surface area contributed by atoms with E-state index in [0.29, 0.717) is 13.0 Å². The second-order valence-corrected chi connectivity index (χ2v) is 4.85. The van der Waals surface area contributed by atoms with Gasteiger partial charge >= 0.3 is 12.0 Å². The molecule has 1 aliphatic heterocycles. The quantitative estimate of drug-likeness (QED) is 0.622. The minimum absolute atomic E-state index is 0.0262. The fourth-order valence-corrected chi connectivity index (χ4v) is 2.03. The van der Waals surface area contributed by atoms with Crippen LogP contribution in [0.3, 0.4) is 0 Å². The Labute approximate surface area is 117 Å². The van der Waals surface area contributed by atoms with E-state index in [4.69, 9.17) is 15.6 Å². The molecule has 1 aliphatic rings. The van der Waals surface area contributed by atoms with Gasteiger partial charge < -0.3 is 25.8 Å². The summed E-state index contributed by atoms with van der Waals surface area (Å²) in [5.74, 6) is -1.53. The number of aliphatic carboxylic acids is 1. The van der Waals surface area contributed by atoms with E-state index in [0.717, 1.165) is 0 Å². The van der Waals surface area contributed by atoms with Gasteiger partial charge in [0.2, 0.25) is 5.91 Å². The summed E-state index contributed by atoms with van der Waals surface area (Å²) >= 11 is 0. The zero-order chi connectivity index (χ0) is 15.3. The Morgan fingerprint density at radius 3 is 2.65 bits per heavy atom. The van der Waals surface area contributed by atoms with Gasteiger partial charge in [-0.25, -0.2) is 9.59 Å². The number of nitrogens with one attached hydrogen (secondary N) is 1. The molecule has 8 heteroatoms. The lowest BCUT2D eigenvalue weighted by molar-refractivity contribution is -0.160. The number of carbonyl (C=O) groups is 3. The first-order valence-corrected chi connectivity index (χ1v) is 6.56. The molecule has 8 nitrogen and oxygen atoms in total. The minimum Gasteiger partial charge on any atom is -0.479 e. The van der Waals surface area contributed by atoms with Crippen molar-refractivity contribution in [1.29, 1.82) is 0 Å². The third kappa shape index (κ3) is 4.09. The van der Waals surface area contributed by atoms with Crippen molar-refractivity contribution in [2.45, 2.75) is 32.4 Å². The fourth-order valence-electron chi connectivity index (χ4n) is 2.03. The molecule has 0 bridgehead atoms. The summed E-state index contributed by atoms with van der Waals surface area (Å²) in [6, 6.07) is -1.52. The van der Waals surface area contributed by atoms with Crippen LogP contribution >= 0.6 is 0 Å². The molecular weight excluding hydrogens is 266 g/mol. The normalized spacial score (nSPS) is 21.9. The minimum atomic E-state index is -1.11. The monoisotopic (exact) mass is 287 g/mol. The van der Waals surface area contributed by atoms with Gasteiger partial charge in [0.25, 0.3) is 0 Å². The van der Waals surface area contributed by atoms with Crippen LogP contribution in [0.25, 0.3) is 0 Å². The van der Waals surface area contributed by atoms with Crippen LogP contribution in [0.2, 0.25) is 0 Å². The largest absolute Gasteiger partial charge is 0.479 e. The number of nitrogens with zero attached hydrogens (tertiary/aromatic N) is 1. The van der Waals surface area contributed by atoms with E-state index in [-0.39, 0.29) is 25.0 Å². The molecule has 0 spiro atoms. The van der Waals surface area contributed by atoms with Gasteiger partial charge in [-0.2, -0.15) is 0 Å². The van der Waals surface area contributed by atoms with Gasteiger partial charge in [0.05, 0.1) is 13.2 Å². The van der Waals surface area contributed by atoms with Crippen molar-refractivity contribution < 1.29 is 24.2 Å². The summed E-state index contributed by atoms with van der Waals surface area (Å²) in [6.45, 7) is 4.16. The molecule has 4 N–H and O–H groups in total. The molecule has 0 aromatic heterocycles. The number of amides is 3. The van der Waals surface area contributed by atoms with Gasteiger partial charge in [-0.3, -0.25) is 4.79 Å². The van der Waals surface area contributed by atoms with E-state index < -0.39 is 24.1 Å². The van der Waals surface area contributed by atoms with Gasteiger partial charge in [0, 0.05) is 6.54 Å². The molecule has 0 radical (unpaired) electrons. The van der Waals surface area contributed by atoms with Gasteiger partial charge in [-0.05, 0) is 5.92 Å². The molecular formula is C12H21N3O5. The number of hydrogen-bond acceptors (Lipinski definition) is 4. The Kier molecular flexibility index (Phi) is 5.75. The number of nitrogens with two attached hydrogens (primary N) is 1. The predicted octanol–water partition coefficient (Wildman–Crippen LogP) is -0.619. The highest BCUT2D eigenvalue weighted by Gasteiger charge is 2.34. The molecule has 0 aromatic rings. The van der Waals surface area contributed by atoms with Crippen LogP contribution in [0.4, 0.5) is 4.79 Å². The van der Waals surface area contributed by atoms with Crippen molar-refractivity contribution in [3.8, 4) is 0 Å². The zero-order valence-corrected chi connectivity index (χ0v) is 11.7. The second-order valence-electron chi connectivity index (χ2n) is 4.85. The summed E-state index contributed by atoms with van der Waals surface area (Å²) in [5, 5.41) is 11.4. The summed E-state index contributed by atoms with van der Waals surface area (Å²) in [7, 11) is 0. The number of carboxylic acid groups (broad SMARTS) is 1. The molecule has 0 aromatic carbocycles. The molecule has 0 saturated carbocycles. The third-order valence-electron chi connectivity index (χ3n) is 3.43. The molecule has 3 atom stereocenters. The Bertz CT molecular complexity index is 387. The van der Waals surface area contributed by atoms with Gasteiger partial charge in [-0.1, -0.05) is 20.3 Å². The van der Waals surface area contributed by atoms with E-state index in [1.807, 2.05) is 13.8 Å².